The van der Waals surface area contributed by atoms with Gasteiger partial charge in [-0.25, -0.2) is 0 Å². The molecule has 0 bridgehead atoms. The molecule has 1 aliphatic rings. The topological polar surface area (TPSA) is 9.23 Å². The molecule has 2 heterocycles. The second-order valence-corrected chi connectivity index (χ2v) is 2.93. The minimum Gasteiger partial charge on any atom is -0.152 e. The molecule has 0 unspecified atom stereocenters. The van der Waals surface area contributed by atoms with Crippen LogP contribution in [0.15, 0.2) is 22.9 Å². The average molecular weight is 164 g/mol. The minimum atomic E-state index is 0. The maximum absolute atomic E-state index is 4.94. The Balaban J connectivity index is 0.000000167. The van der Waals surface area contributed by atoms with Gasteiger partial charge in [0, 0.05) is 13.2 Å². The van der Waals surface area contributed by atoms with E-state index in [2.05, 4.69) is 0 Å². The van der Waals surface area contributed by atoms with Crippen molar-refractivity contribution in [3.63, 3.8) is 0 Å². The monoisotopic (exact) mass is 164 g/mol. The predicted octanol–water partition coefficient (Wildman–Crippen LogP) is 1.90. The Morgan fingerprint density at radius 3 is 1.73 bits per heavy atom. The number of thiophene rings is 1. The number of hydrogen-bond donors (Lipinski definition) is 0. The van der Waals surface area contributed by atoms with Crippen LogP contribution >= 0.6 is 11.3 Å². The molecule has 1 aromatic heterocycles. The summed E-state index contributed by atoms with van der Waals surface area (Å²) in [4.78, 5) is 0. The van der Waals surface area contributed by atoms with Gasteiger partial charge in [0.25, 0.3) is 0 Å². The van der Waals surface area contributed by atoms with Gasteiger partial charge in [-0.3, -0.25) is 0 Å². The first-order valence-corrected chi connectivity index (χ1v) is 4.49. The van der Waals surface area contributed by atoms with Crippen LogP contribution in [0.4, 0.5) is 0 Å². The molecule has 58 valence electrons. The standard InChI is InChI=1S/C4H8O.C4H4S.Li.H/c2*1-2-4-5-3-1;;/h1-4H2;1-4H;;. The SMILES string of the molecule is C1CCOC1.[LiH].c1ccsc1. The van der Waals surface area contributed by atoms with E-state index < -0.39 is 0 Å². The molecule has 0 aromatic carbocycles. The second kappa shape index (κ2) is 8.35. The third kappa shape index (κ3) is 6.65. The van der Waals surface area contributed by atoms with E-state index in [0.29, 0.717) is 0 Å². The van der Waals surface area contributed by atoms with Crippen LogP contribution in [0.5, 0.6) is 0 Å². The fourth-order valence-corrected chi connectivity index (χ4v) is 1.19. The Morgan fingerprint density at radius 2 is 1.55 bits per heavy atom. The fourth-order valence-electron chi connectivity index (χ4n) is 0.737. The van der Waals surface area contributed by atoms with Crippen molar-refractivity contribution in [1.82, 2.24) is 0 Å². The summed E-state index contributed by atoms with van der Waals surface area (Å²) in [6, 6.07) is 4.04. The van der Waals surface area contributed by atoms with Crippen molar-refractivity contribution >= 4 is 30.2 Å². The molecular weight excluding hydrogens is 151 g/mol. The Labute approximate surface area is 83.9 Å². The third-order valence-electron chi connectivity index (χ3n) is 1.25. The van der Waals surface area contributed by atoms with Gasteiger partial charge < -0.3 is 4.74 Å². The molecular formula is C8H13LiOS. The van der Waals surface area contributed by atoms with E-state index in [0.717, 1.165) is 13.2 Å². The molecule has 0 aliphatic carbocycles. The molecule has 1 saturated heterocycles. The molecule has 1 aliphatic heterocycles. The van der Waals surface area contributed by atoms with E-state index >= 15 is 0 Å². The van der Waals surface area contributed by atoms with Crippen LogP contribution < -0.4 is 0 Å². The number of hydrogen-bond acceptors (Lipinski definition) is 2. The van der Waals surface area contributed by atoms with Crippen LogP contribution in [0.25, 0.3) is 0 Å². The van der Waals surface area contributed by atoms with Gasteiger partial charge in [-0.1, -0.05) is 12.1 Å². The van der Waals surface area contributed by atoms with Gasteiger partial charge in [0.2, 0.25) is 0 Å². The van der Waals surface area contributed by atoms with Gasteiger partial charge in [-0.05, 0) is 23.6 Å². The quantitative estimate of drug-likeness (QED) is 0.532. The predicted molar refractivity (Wildman–Crippen MR) is 51.5 cm³/mol. The van der Waals surface area contributed by atoms with Gasteiger partial charge in [-0.2, -0.15) is 11.3 Å². The van der Waals surface area contributed by atoms with Crippen molar-refractivity contribution in [1.29, 1.82) is 0 Å². The third-order valence-corrected chi connectivity index (χ3v) is 1.88. The van der Waals surface area contributed by atoms with E-state index in [4.69, 9.17) is 4.74 Å². The maximum atomic E-state index is 4.94. The molecule has 0 radical (unpaired) electrons. The Kier molecular flexibility index (Phi) is 8.55. The minimum absolute atomic E-state index is 0. The maximum Gasteiger partial charge on any atom is -0.00934 e. The molecule has 3 heteroatoms. The molecule has 1 aromatic rings. The van der Waals surface area contributed by atoms with Crippen molar-refractivity contribution in [2.24, 2.45) is 0 Å². The Hall–Kier alpha value is 0.257. The van der Waals surface area contributed by atoms with Crippen molar-refractivity contribution in [3.05, 3.63) is 22.9 Å². The van der Waals surface area contributed by atoms with E-state index in [-0.39, 0.29) is 18.9 Å². The Morgan fingerprint density at radius 1 is 1.00 bits per heavy atom. The van der Waals surface area contributed by atoms with Crippen LogP contribution in [0.3, 0.4) is 0 Å². The molecule has 11 heavy (non-hydrogen) atoms. The van der Waals surface area contributed by atoms with Gasteiger partial charge in [0.1, 0.15) is 0 Å². The van der Waals surface area contributed by atoms with Gasteiger partial charge >= 0.3 is 18.9 Å². The molecule has 0 amide bonds. The van der Waals surface area contributed by atoms with Crippen molar-refractivity contribution in [3.8, 4) is 0 Å². The van der Waals surface area contributed by atoms with Crippen molar-refractivity contribution < 1.29 is 4.74 Å². The summed E-state index contributed by atoms with van der Waals surface area (Å²) in [7, 11) is 0. The fraction of sp³-hybridized carbons (Fsp3) is 0.500. The van der Waals surface area contributed by atoms with Gasteiger partial charge in [-0.15, -0.1) is 0 Å². The first kappa shape index (κ1) is 11.3. The normalized spacial score (nSPS) is 14.5. The van der Waals surface area contributed by atoms with Crippen LogP contribution in [0, 0.1) is 0 Å². The van der Waals surface area contributed by atoms with E-state index in [1.807, 2.05) is 22.9 Å². The first-order chi connectivity index (χ1) is 5.00. The van der Waals surface area contributed by atoms with Crippen LogP contribution in [0.2, 0.25) is 0 Å². The summed E-state index contributed by atoms with van der Waals surface area (Å²) in [6.45, 7) is 2.00. The zero-order valence-corrected chi connectivity index (χ0v) is 6.77. The van der Waals surface area contributed by atoms with E-state index in [1.165, 1.54) is 12.8 Å². The van der Waals surface area contributed by atoms with Crippen LogP contribution in [0.1, 0.15) is 12.8 Å². The summed E-state index contributed by atoms with van der Waals surface area (Å²) < 4.78 is 4.94. The van der Waals surface area contributed by atoms with E-state index in [1.54, 1.807) is 11.3 Å². The zero-order valence-electron chi connectivity index (χ0n) is 5.95. The summed E-state index contributed by atoms with van der Waals surface area (Å²) >= 11 is 1.71. The summed E-state index contributed by atoms with van der Waals surface area (Å²) in [6.07, 6.45) is 2.56. The Bertz CT molecular complexity index is 113. The van der Waals surface area contributed by atoms with E-state index in [9.17, 15) is 0 Å². The molecule has 1 nitrogen and oxygen atoms in total. The number of ether oxygens (including phenoxy) is 1. The zero-order chi connectivity index (χ0) is 7.07. The summed E-state index contributed by atoms with van der Waals surface area (Å²) in [5.41, 5.74) is 0. The van der Waals surface area contributed by atoms with Gasteiger partial charge in [0.15, 0.2) is 0 Å². The molecule has 1 fully saturated rings. The van der Waals surface area contributed by atoms with Crippen LogP contribution in [-0.4, -0.2) is 32.1 Å². The average Bonchev–Trinajstić information content (AvgIpc) is 2.67. The van der Waals surface area contributed by atoms with Crippen molar-refractivity contribution in [2.75, 3.05) is 13.2 Å². The molecule has 0 atom stereocenters. The van der Waals surface area contributed by atoms with Crippen molar-refractivity contribution in [2.45, 2.75) is 12.8 Å². The molecule has 2 rings (SSSR count). The smallest absolute Gasteiger partial charge is 0.00934 e. The number of rotatable bonds is 0. The molecule has 0 spiro atoms. The van der Waals surface area contributed by atoms with Crippen LogP contribution in [-0.2, 0) is 4.74 Å². The largest absolute Gasteiger partial charge is 0.152 e. The first-order valence-electron chi connectivity index (χ1n) is 3.55. The molecule has 0 N–H and O–H groups in total. The van der Waals surface area contributed by atoms with Gasteiger partial charge in [0.05, 0.1) is 0 Å². The summed E-state index contributed by atoms with van der Waals surface area (Å²) in [5.74, 6) is 0. The summed E-state index contributed by atoms with van der Waals surface area (Å²) in [5, 5.41) is 4.08. The molecule has 0 saturated carbocycles. The second-order valence-electron chi connectivity index (χ2n) is 2.11.